The minimum Gasteiger partial charge on any atom is -0.492 e. The zero-order chi connectivity index (χ0) is 18.3. The van der Waals surface area contributed by atoms with Gasteiger partial charge in [-0.2, -0.15) is 13.3 Å². The first-order valence-corrected chi connectivity index (χ1v) is 9.18. The lowest BCUT2D eigenvalue weighted by Gasteiger charge is -2.27. The Morgan fingerprint density at radius 3 is 2.73 bits per heavy atom. The molecule has 2 aromatic heterocycles. The van der Waals surface area contributed by atoms with Crippen molar-refractivity contribution in [3.63, 3.8) is 0 Å². The molecule has 0 radical (unpaired) electrons. The van der Waals surface area contributed by atoms with E-state index in [1.54, 1.807) is 19.1 Å². The van der Waals surface area contributed by atoms with E-state index in [0.29, 0.717) is 15.7 Å². The van der Waals surface area contributed by atoms with Crippen LogP contribution in [0.25, 0.3) is 4.96 Å². The van der Waals surface area contributed by atoms with Crippen LogP contribution in [0.2, 0.25) is 0 Å². The smallest absolute Gasteiger partial charge is 0.387 e. The van der Waals surface area contributed by atoms with E-state index in [-0.39, 0.29) is 17.7 Å². The number of aryl methyl sites for hydroxylation is 1. The molecule has 1 atom stereocenters. The van der Waals surface area contributed by atoms with Crippen molar-refractivity contribution in [1.29, 1.82) is 0 Å². The van der Waals surface area contributed by atoms with Crippen molar-refractivity contribution in [2.24, 2.45) is 0 Å². The molecule has 1 saturated heterocycles. The fourth-order valence-electron chi connectivity index (χ4n) is 3.41. The first kappa shape index (κ1) is 17.2. The third-order valence-electron chi connectivity index (χ3n) is 4.46. The molecule has 0 amide bonds. The van der Waals surface area contributed by atoms with Gasteiger partial charge in [0.1, 0.15) is 11.6 Å². The highest BCUT2D eigenvalue weighted by Gasteiger charge is 2.31. The van der Waals surface area contributed by atoms with Crippen molar-refractivity contribution in [1.82, 2.24) is 19.5 Å². The molecule has 4 rings (SSSR count). The maximum absolute atomic E-state index is 12.6. The van der Waals surface area contributed by atoms with Crippen LogP contribution in [0, 0.1) is 6.92 Å². The highest BCUT2D eigenvalue weighted by Crippen LogP contribution is 2.41. The summed E-state index contributed by atoms with van der Waals surface area (Å²) in [6.07, 6.45) is 2.12. The third-order valence-corrected chi connectivity index (χ3v) is 5.53. The van der Waals surface area contributed by atoms with Crippen molar-refractivity contribution in [2.45, 2.75) is 32.4 Å². The van der Waals surface area contributed by atoms with Crippen LogP contribution in [0.15, 0.2) is 24.3 Å². The van der Waals surface area contributed by atoms with E-state index >= 15 is 0 Å². The largest absolute Gasteiger partial charge is 0.492 e. The molecular weight excluding hydrogens is 362 g/mol. The first-order chi connectivity index (χ1) is 12.5. The van der Waals surface area contributed by atoms with Crippen LogP contribution in [0.5, 0.6) is 11.6 Å². The molecule has 6 nitrogen and oxygen atoms in total. The Kier molecular flexibility index (Phi) is 4.49. The van der Waals surface area contributed by atoms with Crippen molar-refractivity contribution < 1.29 is 18.6 Å². The van der Waals surface area contributed by atoms with Gasteiger partial charge < -0.3 is 9.84 Å². The molecule has 0 bridgehead atoms. The minimum absolute atomic E-state index is 0.0441. The number of ether oxygens (including phenoxy) is 1. The Labute approximate surface area is 152 Å². The van der Waals surface area contributed by atoms with Crippen LogP contribution in [0.4, 0.5) is 8.78 Å². The number of alkyl halides is 2. The quantitative estimate of drug-likeness (QED) is 0.733. The van der Waals surface area contributed by atoms with Crippen LogP contribution in [0.1, 0.15) is 35.1 Å². The Bertz CT molecular complexity index is 921. The van der Waals surface area contributed by atoms with Gasteiger partial charge in [0.25, 0.3) is 0 Å². The average Bonchev–Trinajstić information content (AvgIpc) is 3.28. The van der Waals surface area contributed by atoms with Crippen molar-refractivity contribution in [3.05, 3.63) is 40.5 Å². The lowest BCUT2D eigenvalue weighted by Crippen LogP contribution is -2.26. The van der Waals surface area contributed by atoms with E-state index in [1.165, 1.54) is 21.9 Å². The summed E-state index contributed by atoms with van der Waals surface area (Å²) in [6, 6.07) is 6.40. The highest BCUT2D eigenvalue weighted by atomic mass is 32.1. The molecule has 1 aliphatic rings. The second kappa shape index (κ2) is 6.81. The molecule has 0 saturated carbocycles. The van der Waals surface area contributed by atoms with Crippen molar-refractivity contribution in [2.75, 3.05) is 13.1 Å². The predicted octanol–water partition coefficient (Wildman–Crippen LogP) is 3.59. The van der Waals surface area contributed by atoms with Gasteiger partial charge in [0.15, 0.2) is 0 Å². The molecule has 1 N–H and O–H groups in total. The van der Waals surface area contributed by atoms with Gasteiger partial charge >= 0.3 is 6.61 Å². The molecule has 3 aromatic rings. The predicted molar refractivity (Wildman–Crippen MR) is 93.0 cm³/mol. The van der Waals surface area contributed by atoms with Crippen LogP contribution in [-0.2, 0) is 0 Å². The van der Waals surface area contributed by atoms with E-state index in [2.05, 4.69) is 19.7 Å². The maximum Gasteiger partial charge on any atom is 0.387 e. The number of likely N-dealkylation sites (tertiary alicyclic amines) is 1. The number of rotatable bonds is 5. The van der Waals surface area contributed by atoms with Crippen LogP contribution in [0.3, 0.4) is 0 Å². The molecule has 0 aliphatic carbocycles. The van der Waals surface area contributed by atoms with E-state index in [0.717, 1.165) is 31.5 Å². The van der Waals surface area contributed by atoms with Crippen LogP contribution >= 0.6 is 11.3 Å². The highest BCUT2D eigenvalue weighted by molar-refractivity contribution is 7.17. The molecule has 138 valence electrons. The van der Waals surface area contributed by atoms with E-state index < -0.39 is 6.61 Å². The Morgan fingerprint density at radius 1 is 1.27 bits per heavy atom. The average molecular weight is 380 g/mol. The summed E-state index contributed by atoms with van der Waals surface area (Å²) in [6.45, 7) is 0.635. The topological polar surface area (TPSA) is 62.9 Å². The monoisotopic (exact) mass is 380 g/mol. The Morgan fingerprint density at radius 2 is 2.04 bits per heavy atom. The van der Waals surface area contributed by atoms with Crippen molar-refractivity contribution >= 4 is 16.3 Å². The molecule has 9 heteroatoms. The molecular formula is C17H18F2N4O2S. The van der Waals surface area contributed by atoms with Crippen molar-refractivity contribution in [3.8, 4) is 11.6 Å². The number of aromatic nitrogens is 3. The van der Waals surface area contributed by atoms with Gasteiger partial charge in [-0.3, -0.25) is 4.90 Å². The summed E-state index contributed by atoms with van der Waals surface area (Å²) in [4.78, 5) is 7.87. The Balaban J connectivity index is 1.79. The summed E-state index contributed by atoms with van der Waals surface area (Å²) >= 11 is 1.36. The molecule has 26 heavy (non-hydrogen) atoms. The summed E-state index contributed by atoms with van der Waals surface area (Å²) in [5.41, 5.74) is 0.793. The van der Waals surface area contributed by atoms with Gasteiger partial charge in [-0.25, -0.2) is 4.98 Å². The Hall–Kier alpha value is -2.26. The summed E-state index contributed by atoms with van der Waals surface area (Å²) in [7, 11) is 0. The van der Waals surface area contributed by atoms with Crippen LogP contribution in [-0.4, -0.2) is 44.3 Å². The number of aromatic hydroxyl groups is 1. The molecule has 1 fully saturated rings. The standard InChI is InChI=1S/C17H18F2N4O2S/c1-10-20-17-23(21-10)15(24)14(26-17)13(22-7-2-3-8-22)11-5-4-6-12(9-11)25-16(18)19/h4-6,9,13,16,24H,2-3,7-8H2,1H3/t13-/m1/s1. The maximum atomic E-state index is 12.6. The number of fused-ring (bicyclic) bond motifs is 1. The number of nitrogens with zero attached hydrogens (tertiary/aromatic N) is 4. The van der Waals surface area contributed by atoms with Crippen LogP contribution < -0.4 is 4.74 Å². The fourth-order valence-corrected chi connectivity index (χ4v) is 4.58. The SMILES string of the molecule is Cc1nc2sc([C@@H](c3cccc(OC(F)F)c3)N3CCCC3)c(O)n2n1. The minimum atomic E-state index is -2.87. The van der Waals surface area contributed by atoms with Gasteiger partial charge in [-0.15, -0.1) is 5.10 Å². The molecule has 0 spiro atoms. The number of hydrogen-bond acceptors (Lipinski definition) is 6. The molecule has 1 aromatic carbocycles. The number of thiazole rings is 1. The molecule has 1 aliphatic heterocycles. The van der Waals surface area contributed by atoms with Gasteiger partial charge in [-0.05, 0) is 50.6 Å². The van der Waals surface area contributed by atoms with E-state index in [9.17, 15) is 13.9 Å². The number of benzene rings is 1. The van der Waals surface area contributed by atoms with E-state index in [1.807, 2.05) is 6.07 Å². The molecule has 0 unspecified atom stereocenters. The summed E-state index contributed by atoms with van der Waals surface area (Å²) in [5.74, 6) is 0.738. The lowest BCUT2D eigenvalue weighted by atomic mass is 10.0. The molecule has 3 heterocycles. The van der Waals surface area contributed by atoms with Gasteiger partial charge in [0.2, 0.25) is 10.8 Å². The second-order valence-electron chi connectivity index (χ2n) is 6.24. The van der Waals surface area contributed by atoms with Gasteiger partial charge in [0, 0.05) is 0 Å². The lowest BCUT2D eigenvalue weighted by molar-refractivity contribution is -0.0499. The summed E-state index contributed by atoms with van der Waals surface area (Å²) < 4.78 is 31.2. The normalized spacial score (nSPS) is 16.6. The zero-order valence-corrected chi connectivity index (χ0v) is 14.9. The van der Waals surface area contributed by atoms with E-state index in [4.69, 9.17) is 0 Å². The fraction of sp³-hybridized carbons (Fsp3) is 0.412. The van der Waals surface area contributed by atoms with Gasteiger partial charge in [0.05, 0.1) is 10.9 Å². The second-order valence-corrected chi connectivity index (χ2v) is 7.25. The summed E-state index contributed by atoms with van der Waals surface area (Å²) in [5, 5.41) is 14.9. The first-order valence-electron chi connectivity index (χ1n) is 8.37. The number of halogens is 2. The zero-order valence-electron chi connectivity index (χ0n) is 14.1. The number of hydrogen-bond donors (Lipinski definition) is 1. The van der Waals surface area contributed by atoms with Gasteiger partial charge in [-0.1, -0.05) is 23.5 Å². The third kappa shape index (κ3) is 3.12.